The number of halogens is 1. The molecule has 2 heterocycles. The quantitative estimate of drug-likeness (QED) is 0.345. The maximum atomic E-state index is 11.9. The third kappa shape index (κ3) is 4.75. The number of esters is 1. The highest BCUT2D eigenvalue weighted by Gasteiger charge is 2.19. The zero-order chi connectivity index (χ0) is 18.4. The summed E-state index contributed by atoms with van der Waals surface area (Å²) in [5, 5.41) is 0. The Morgan fingerprint density at radius 1 is 1.31 bits per heavy atom. The lowest BCUT2D eigenvalue weighted by Gasteiger charge is -2.13. The minimum atomic E-state index is -0.292. The van der Waals surface area contributed by atoms with Crippen LogP contribution in [0, 0.1) is 0 Å². The smallest absolute Gasteiger partial charge is 0.338 e. The SMILES string of the molecule is CCCCOC(=O)c1ccc(N=Cc2cc(Br)c(N3CCCC3)o2)cc1. The van der Waals surface area contributed by atoms with Crippen molar-refractivity contribution in [3.8, 4) is 0 Å². The van der Waals surface area contributed by atoms with Gasteiger partial charge in [0.25, 0.3) is 0 Å². The average Bonchev–Trinajstić information content (AvgIpc) is 3.30. The average molecular weight is 419 g/mol. The van der Waals surface area contributed by atoms with Crippen LogP contribution in [-0.4, -0.2) is 31.9 Å². The second kappa shape index (κ2) is 9.03. The molecule has 0 saturated carbocycles. The summed E-state index contributed by atoms with van der Waals surface area (Å²) in [6, 6.07) is 8.98. The van der Waals surface area contributed by atoms with Gasteiger partial charge in [0, 0.05) is 19.2 Å². The Kier molecular flexibility index (Phi) is 6.50. The molecule has 1 aromatic carbocycles. The monoisotopic (exact) mass is 418 g/mol. The van der Waals surface area contributed by atoms with Crippen LogP contribution >= 0.6 is 15.9 Å². The number of unbranched alkanes of at least 4 members (excludes halogenated alkanes) is 1. The molecule has 1 saturated heterocycles. The standard InChI is InChI=1S/C20H23BrN2O3/c1-2-3-12-25-20(24)15-6-8-16(9-7-15)22-14-17-13-18(21)19(26-17)23-10-4-5-11-23/h6-9,13-14H,2-5,10-12H2,1H3. The fraction of sp³-hybridized carbons (Fsp3) is 0.400. The van der Waals surface area contributed by atoms with Gasteiger partial charge in [-0.05, 0) is 59.5 Å². The van der Waals surface area contributed by atoms with Crippen molar-refractivity contribution in [2.45, 2.75) is 32.6 Å². The van der Waals surface area contributed by atoms with Crippen LogP contribution in [0.15, 0.2) is 44.2 Å². The summed E-state index contributed by atoms with van der Waals surface area (Å²) >= 11 is 3.56. The predicted octanol–water partition coefficient (Wildman–Crippen LogP) is 5.35. The molecular weight excluding hydrogens is 396 g/mol. The van der Waals surface area contributed by atoms with Gasteiger partial charge in [-0.3, -0.25) is 4.99 Å². The summed E-state index contributed by atoms with van der Waals surface area (Å²) in [5.41, 5.74) is 1.29. The van der Waals surface area contributed by atoms with Gasteiger partial charge in [0.15, 0.2) is 0 Å². The summed E-state index contributed by atoms with van der Waals surface area (Å²) < 4.78 is 12.0. The second-order valence-corrected chi connectivity index (χ2v) is 7.14. The minimum absolute atomic E-state index is 0.292. The van der Waals surface area contributed by atoms with Gasteiger partial charge < -0.3 is 14.1 Å². The van der Waals surface area contributed by atoms with E-state index in [1.54, 1.807) is 30.5 Å². The van der Waals surface area contributed by atoms with Crippen LogP contribution in [0.3, 0.4) is 0 Å². The van der Waals surface area contributed by atoms with E-state index in [0.717, 1.165) is 42.0 Å². The van der Waals surface area contributed by atoms with Crippen molar-refractivity contribution in [3.63, 3.8) is 0 Å². The lowest BCUT2D eigenvalue weighted by atomic mass is 10.2. The molecule has 0 spiro atoms. The molecule has 3 rings (SSSR count). The molecule has 26 heavy (non-hydrogen) atoms. The van der Waals surface area contributed by atoms with Gasteiger partial charge in [0.2, 0.25) is 5.88 Å². The van der Waals surface area contributed by atoms with E-state index in [4.69, 9.17) is 9.15 Å². The Balaban J connectivity index is 1.62. The highest BCUT2D eigenvalue weighted by Crippen LogP contribution is 2.32. The number of rotatable bonds is 7. The molecular formula is C20H23BrN2O3. The van der Waals surface area contributed by atoms with Gasteiger partial charge in [-0.1, -0.05) is 13.3 Å². The van der Waals surface area contributed by atoms with Crippen LogP contribution in [0.2, 0.25) is 0 Å². The number of aliphatic imine (C=N–C) groups is 1. The third-order valence-electron chi connectivity index (χ3n) is 4.26. The van der Waals surface area contributed by atoms with Gasteiger partial charge in [-0.15, -0.1) is 0 Å². The molecule has 0 bridgehead atoms. The number of benzene rings is 1. The Hall–Kier alpha value is -2.08. The van der Waals surface area contributed by atoms with Crippen molar-refractivity contribution in [1.82, 2.24) is 0 Å². The van der Waals surface area contributed by atoms with E-state index in [0.29, 0.717) is 17.9 Å². The number of carbonyl (C=O) groups excluding carboxylic acids is 1. The highest BCUT2D eigenvalue weighted by molar-refractivity contribution is 9.10. The first-order valence-corrected chi connectivity index (χ1v) is 9.82. The van der Waals surface area contributed by atoms with Crippen molar-refractivity contribution in [3.05, 3.63) is 46.1 Å². The highest BCUT2D eigenvalue weighted by atomic mass is 79.9. The molecule has 0 unspecified atom stereocenters. The molecule has 1 aliphatic rings. The number of anilines is 1. The number of hydrogen-bond acceptors (Lipinski definition) is 5. The van der Waals surface area contributed by atoms with E-state index in [-0.39, 0.29) is 5.97 Å². The normalized spacial score (nSPS) is 14.3. The van der Waals surface area contributed by atoms with Crippen LogP contribution in [0.1, 0.15) is 48.7 Å². The molecule has 0 radical (unpaired) electrons. The minimum Gasteiger partial charge on any atom is -0.462 e. The molecule has 0 N–H and O–H groups in total. The Morgan fingerprint density at radius 3 is 2.73 bits per heavy atom. The summed E-state index contributed by atoms with van der Waals surface area (Å²) in [6.45, 7) is 4.57. The summed E-state index contributed by atoms with van der Waals surface area (Å²) in [5.74, 6) is 1.27. The molecule has 138 valence electrons. The van der Waals surface area contributed by atoms with Gasteiger partial charge in [-0.2, -0.15) is 0 Å². The van der Waals surface area contributed by atoms with Crippen LogP contribution in [0.4, 0.5) is 11.6 Å². The fourth-order valence-electron chi connectivity index (χ4n) is 2.79. The van der Waals surface area contributed by atoms with Gasteiger partial charge in [0.1, 0.15) is 5.76 Å². The van der Waals surface area contributed by atoms with Crippen LogP contribution < -0.4 is 4.90 Å². The number of ether oxygens (including phenoxy) is 1. The first-order chi connectivity index (χ1) is 12.7. The van der Waals surface area contributed by atoms with Gasteiger partial charge in [0.05, 0.1) is 28.5 Å². The molecule has 0 amide bonds. The lowest BCUT2D eigenvalue weighted by Crippen LogP contribution is -2.17. The van der Waals surface area contributed by atoms with Gasteiger partial charge >= 0.3 is 5.97 Å². The number of nitrogens with zero attached hydrogens (tertiary/aromatic N) is 2. The second-order valence-electron chi connectivity index (χ2n) is 6.29. The van der Waals surface area contributed by atoms with Crippen molar-refractivity contribution in [1.29, 1.82) is 0 Å². The van der Waals surface area contributed by atoms with Crippen molar-refractivity contribution in [2.24, 2.45) is 4.99 Å². The van der Waals surface area contributed by atoms with E-state index in [1.165, 1.54) is 12.8 Å². The van der Waals surface area contributed by atoms with Crippen LogP contribution in [-0.2, 0) is 4.74 Å². The number of hydrogen-bond donors (Lipinski definition) is 0. The van der Waals surface area contributed by atoms with Crippen molar-refractivity contribution >= 4 is 39.7 Å². The van der Waals surface area contributed by atoms with E-state index >= 15 is 0 Å². The maximum absolute atomic E-state index is 11.9. The predicted molar refractivity (Wildman–Crippen MR) is 107 cm³/mol. The number of furan rings is 1. The van der Waals surface area contributed by atoms with E-state index in [2.05, 4.69) is 32.7 Å². The summed E-state index contributed by atoms with van der Waals surface area (Å²) in [6.07, 6.45) is 5.97. The van der Waals surface area contributed by atoms with Gasteiger partial charge in [-0.25, -0.2) is 4.79 Å². The summed E-state index contributed by atoms with van der Waals surface area (Å²) in [4.78, 5) is 18.6. The molecule has 0 atom stereocenters. The molecule has 1 fully saturated rings. The first kappa shape index (κ1) is 18.7. The Bertz CT molecular complexity index is 762. The van der Waals surface area contributed by atoms with Crippen LogP contribution in [0.5, 0.6) is 0 Å². The molecule has 0 aliphatic carbocycles. The van der Waals surface area contributed by atoms with Crippen LogP contribution in [0.25, 0.3) is 0 Å². The third-order valence-corrected chi connectivity index (χ3v) is 4.82. The van der Waals surface area contributed by atoms with Crippen molar-refractivity contribution < 1.29 is 13.9 Å². The van der Waals surface area contributed by atoms with E-state index < -0.39 is 0 Å². The number of carbonyl (C=O) groups is 1. The van der Waals surface area contributed by atoms with Crippen molar-refractivity contribution in [2.75, 3.05) is 24.6 Å². The fourth-order valence-corrected chi connectivity index (χ4v) is 3.35. The zero-order valence-electron chi connectivity index (χ0n) is 14.9. The lowest BCUT2D eigenvalue weighted by molar-refractivity contribution is 0.0500. The van der Waals surface area contributed by atoms with E-state index in [1.807, 2.05) is 6.07 Å². The zero-order valence-corrected chi connectivity index (χ0v) is 16.5. The first-order valence-electron chi connectivity index (χ1n) is 9.03. The molecule has 1 aliphatic heterocycles. The Labute approximate surface area is 162 Å². The molecule has 5 nitrogen and oxygen atoms in total. The topological polar surface area (TPSA) is 55.0 Å². The summed E-state index contributed by atoms with van der Waals surface area (Å²) in [7, 11) is 0. The molecule has 1 aromatic heterocycles. The molecule has 2 aromatic rings. The Morgan fingerprint density at radius 2 is 2.04 bits per heavy atom. The maximum Gasteiger partial charge on any atom is 0.338 e. The van der Waals surface area contributed by atoms with E-state index in [9.17, 15) is 4.79 Å². The molecule has 6 heteroatoms. The largest absolute Gasteiger partial charge is 0.462 e.